The lowest BCUT2D eigenvalue weighted by Gasteiger charge is -1.72. The van der Waals surface area contributed by atoms with Crippen molar-refractivity contribution >= 4 is 0 Å². The summed E-state index contributed by atoms with van der Waals surface area (Å²) in [6.07, 6.45) is 6.44. The van der Waals surface area contributed by atoms with Gasteiger partial charge in [-0.3, -0.25) is 5.10 Å². The van der Waals surface area contributed by atoms with E-state index in [1.807, 2.05) is 6.07 Å². The van der Waals surface area contributed by atoms with Crippen LogP contribution in [0.4, 0.5) is 0 Å². The first kappa shape index (κ1) is 8.19. The van der Waals surface area contributed by atoms with E-state index in [1.165, 1.54) is 12.4 Å². The minimum atomic E-state index is -0.303. The number of nitrogens with one attached hydrogen (secondary N) is 2. The van der Waals surface area contributed by atoms with E-state index in [4.69, 9.17) is 0 Å². The van der Waals surface area contributed by atoms with Crippen LogP contribution in [0.25, 0.3) is 0 Å². The maximum Gasteiger partial charge on any atom is 0.344 e. The average Bonchev–Trinajstić information content (AvgIpc) is 2.62. The molecule has 12 heavy (non-hydrogen) atoms. The minimum absolute atomic E-state index is 0.303. The average molecular weight is 164 g/mol. The second-order valence-corrected chi connectivity index (χ2v) is 1.85. The van der Waals surface area contributed by atoms with Gasteiger partial charge in [0.05, 0.1) is 0 Å². The van der Waals surface area contributed by atoms with Gasteiger partial charge in [-0.2, -0.15) is 5.10 Å². The van der Waals surface area contributed by atoms with Crippen molar-refractivity contribution < 1.29 is 0 Å². The number of aromatic amines is 2. The van der Waals surface area contributed by atoms with Gasteiger partial charge in [0.15, 0.2) is 0 Å². The Kier molecular flexibility index (Phi) is 3.30. The van der Waals surface area contributed by atoms with Gasteiger partial charge in [0, 0.05) is 24.8 Å². The molecule has 2 aromatic heterocycles. The van der Waals surface area contributed by atoms with Gasteiger partial charge in [0.2, 0.25) is 0 Å². The van der Waals surface area contributed by atoms with Gasteiger partial charge < -0.3 is 4.98 Å². The number of nitrogens with zero attached hydrogens (tertiary/aromatic N) is 2. The largest absolute Gasteiger partial charge is 0.344 e. The van der Waals surface area contributed by atoms with Gasteiger partial charge in [0.1, 0.15) is 0 Å². The predicted octanol–water partition coefficient (Wildman–Crippen LogP) is 0.180. The first-order valence-corrected chi connectivity index (χ1v) is 3.33. The Labute approximate surface area is 68.5 Å². The Morgan fingerprint density at radius 1 is 1.17 bits per heavy atom. The van der Waals surface area contributed by atoms with Gasteiger partial charge in [-0.1, -0.05) is 0 Å². The summed E-state index contributed by atoms with van der Waals surface area (Å²) in [4.78, 5) is 15.8. The van der Waals surface area contributed by atoms with E-state index < -0.39 is 0 Å². The van der Waals surface area contributed by atoms with Gasteiger partial charge in [0.25, 0.3) is 0 Å². The fourth-order valence-electron chi connectivity index (χ4n) is 0.526. The van der Waals surface area contributed by atoms with Crippen molar-refractivity contribution in [3.8, 4) is 0 Å². The van der Waals surface area contributed by atoms with Crippen LogP contribution in [0.3, 0.4) is 0 Å². The number of rotatable bonds is 0. The maximum absolute atomic E-state index is 10.1. The molecule has 0 unspecified atom stereocenters. The van der Waals surface area contributed by atoms with Crippen molar-refractivity contribution in [3.63, 3.8) is 0 Å². The molecule has 0 aromatic carbocycles. The zero-order chi connectivity index (χ0) is 8.65. The van der Waals surface area contributed by atoms with E-state index >= 15 is 0 Å². The van der Waals surface area contributed by atoms with E-state index in [2.05, 4.69) is 20.2 Å². The Balaban J connectivity index is 0.000000127. The van der Waals surface area contributed by atoms with Crippen molar-refractivity contribution in [1.82, 2.24) is 20.2 Å². The highest BCUT2D eigenvalue weighted by atomic mass is 16.1. The molecule has 0 saturated carbocycles. The third kappa shape index (κ3) is 3.31. The monoisotopic (exact) mass is 164 g/mol. The van der Waals surface area contributed by atoms with Gasteiger partial charge in [-0.15, -0.1) is 0 Å². The van der Waals surface area contributed by atoms with Crippen LogP contribution in [0.2, 0.25) is 0 Å². The molecule has 5 nitrogen and oxygen atoms in total. The first-order chi connectivity index (χ1) is 5.89. The van der Waals surface area contributed by atoms with Crippen LogP contribution < -0.4 is 5.69 Å². The SMILES string of the molecule is O=c1nccc[nH]1.c1cn[nH]c1. The molecule has 2 N–H and O–H groups in total. The van der Waals surface area contributed by atoms with Gasteiger partial charge in [-0.25, -0.2) is 9.78 Å². The zero-order valence-corrected chi connectivity index (χ0v) is 6.27. The summed E-state index contributed by atoms with van der Waals surface area (Å²) in [5.74, 6) is 0. The molecule has 0 spiro atoms. The van der Waals surface area contributed by atoms with Crippen molar-refractivity contribution in [2.24, 2.45) is 0 Å². The molecular weight excluding hydrogens is 156 g/mol. The van der Waals surface area contributed by atoms with Crippen LogP contribution in [0.15, 0.2) is 41.7 Å². The molecule has 2 rings (SSSR count). The molecule has 0 aliphatic carbocycles. The van der Waals surface area contributed by atoms with Crippen molar-refractivity contribution in [2.75, 3.05) is 0 Å². The quantitative estimate of drug-likeness (QED) is 0.583. The fourth-order valence-corrected chi connectivity index (χ4v) is 0.526. The summed E-state index contributed by atoms with van der Waals surface area (Å²) >= 11 is 0. The third-order valence-corrected chi connectivity index (χ3v) is 0.987. The molecule has 62 valence electrons. The molecule has 5 heteroatoms. The lowest BCUT2D eigenvalue weighted by molar-refractivity contribution is 1.08. The molecule has 0 saturated heterocycles. The topological polar surface area (TPSA) is 74.4 Å². The van der Waals surface area contributed by atoms with Crippen LogP contribution in [0.5, 0.6) is 0 Å². The van der Waals surface area contributed by atoms with Crippen molar-refractivity contribution in [1.29, 1.82) is 0 Å². The summed E-state index contributed by atoms with van der Waals surface area (Å²) < 4.78 is 0. The molecule has 2 heterocycles. The number of hydrogen-bond donors (Lipinski definition) is 2. The molecule has 0 amide bonds. The smallest absolute Gasteiger partial charge is 0.313 e. The summed E-state index contributed by atoms with van der Waals surface area (Å²) in [5, 5.41) is 6.21. The Morgan fingerprint density at radius 2 is 2.00 bits per heavy atom. The standard InChI is InChI=1S/C4H4N2O.C3H4N2/c7-4-5-2-1-3-6-4;1-2-4-5-3-1/h1-3H,(H,5,6,7);1-3H,(H,4,5). The number of H-pyrrole nitrogens is 2. The summed E-state index contributed by atoms with van der Waals surface area (Å²) in [5.41, 5.74) is -0.303. The zero-order valence-electron chi connectivity index (χ0n) is 6.27. The highest BCUT2D eigenvalue weighted by molar-refractivity contribution is 4.75. The molecule has 0 aliphatic rings. The lowest BCUT2D eigenvalue weighted by atomic mass is 10.7. The molecular formula is C7H8N4O. The Hall–Kier alpha value is -1.91. The number of aromatic nitrogens is 4. The van der Waals surface area contributed by atoms with Gasteiger partial charge in [-0.05, 0) is 12.1 Å². The number of hydrogen-bond acceptors (Lipinski definition) is 3. The van der Waals surface area contributed by atoms with E-state index in [9.17, 15) is 4.79 Å². The van der Waals surface area contributed by atoms with Crippen LogP contribution >= 0.6 is 0 Å². The molecule has 0 bridgehead atoms. The van der Waals surface area contributed by atoms with E-state index in [-0.39, 0.29) is 5.69 Å². The minimum Gasteiger partial charge on any atom is -0.313 e. The summed E-state index contributed by atoms with van der Waals surface area (Å²) in [6, 6.07) is 3.49. The third-order valence-electron chi connectivity index (χ3n) is 0.987. The van der Waals surface area contributed by atoms with Crippen LogP contribution in [-0.2, 0) is 0 Å². The highest BCUT2D eigenvalue weighted by Crippen LogP contribution is 1.64. The van der Waals surface area contributed by atoms with E-state index in [0.29, 0.717) is 0 Å². The summed E-state index contributed by atoms with van der Waals surface area (Å²) in [6.45, 7) is 0. The first-order valence-electron chi connectivity index (χ1n) is 3.33. The summed E-state index contributed by atoms with van der Waals surface area (Å²) in [7, 11) is 0. The molecule has 2 aromatic rings. The lowest BCUT2D eigenvalue weighted by Crippen LogP contribution is -2.05. The maximum atomic E-state index is 10.1. The molecule has 0 aliphatic heterocycles. The van der Waals surface area contributed by atoms with Gasteiger partial charge >= 0.3 is 5.69 Å². The molecule has 0 atom stereocenters. The van der Waals surface area contributed by atoms with E-state index in [1.54, 1.807) is 18.5 Å². The van der Waals surface area contributed by atoms with Crippen LogP contribution in [0.1, 0.15) is 0 Å². The van der Waals surface area contributed by atoms with E-state index in [0.717, 1.165) is 0 Å². The molecule has 0 radical (unpaired) electrons. The van der Waals surface area contributed by atoms with Crippen molar-refractivity contribution in [3.05, 3.63) is 47.4 Å². The molecule has 0 fully saturated rings. The second kappa shape index (κ2) is 4.84. The Morgan fingerprint density at radius 3 is 2.25 bits per heavy atom. The highest BCUT2D eigenvalue weighted by Gasteiger charge is 1.70. The fraction of sp³-hybridized carbons (Fsp3) is 0. The second-order valence-electron chi connectivity index (χ2n) is 1.85. The van der Waals surface area contributed by atoms with Crippen LogP contribution in [-0.4, -0.2) is 20.2 Å². The Bertz CT molecular complexity index is 306. The normalized spacial score (nSPS) is 8.33. The van der Waals surface area contributed by atoms with Crippen molar-refractivity contribution in [2.45, 2.75) is 0 Å². The predicted molar refractivity (Wildman–Crippen MR) is 43.4 cm³/mol. The van der Waals surface area contributed by atoms with Crippen LogP contribution in [0, 0.1) is 0 Å².